The molecule has 0 amide bonds. The third kappa shape index (κ3) is 2.19. The van der Waals surface area contributed by atoms with Crippen molar-refractivity contribution in [1.82, 2.24) is 0 Å². The molecule has 1 aliphatic heterocycles. The van der Waals surface area contributed by atoms with Crippen molar-refractivity contribution in [2.45, 2.75) is 34.1 Å². The van der Waals surface area contributed by atoms with Crippen LogP contribution in [-0.2, 0) is 0 Å². The summed E-state index contributed by atoms with van der Waals surface area (Å²) in [5.41, 5.74) is 0.768. The van der Waals surface area contributed by atoms with E-state index in [-0.39, 0.29) is 22.5 Å². The predicted molar refractivity (Wildman–Crippen MR) is 85.1 cm³/mol. The Kier molecular flexibility index (Phi) is 3.36. The van der Waals surface area contributed by atoms with Crippen molar-refractivity contribution in [3.05, 3.63) is 22.2 Å². The molecule has 1 heterocycles. The second-order valence-corrected chi connectivity index (χ2v) is 7.92. The van der Waals surface area contributed by atoms with Crippen molar-refractivity contribution < 1.29 is 14.3 Å². The first kappa shape index (κ1) is 14.9. The van der Waals surface area contributed by atoms with Gasteiger partial charge in [-0.3, -0.25) is 4.79 Å². The van der Waals surface area contributed by atoms with Crippen molar-refractivity contribution in [3.63, 3.8) is 0 Å². The van der Waals surface area contributed by atoms with Crippen molar-refractivity contribution in [1.29, 1.82) is 0 Å². The fraction of sp³-hybridized carbons (Fsp3) is 0.588. The summed E-state index contributed by atoms with van der Waals surface area (Å²) in [6.45, 7) is 9.91. The lowest BCUT2D eigenvalue weighted by Gasteiger charge is -2.12. The van der Waals surface area contributed by atoms with Gasteiger partial charge >= 0.3 is 0 Å². The molecule has 4 heteroatoms. The molecule has 3 nitrogen and oxygen atoms in total. The van der Waals surface area contributed by atoms with Crippen LogP contribution in [0.15, 0.2) is 16.6 Å². The van der Waals surface area contributed by atoms with Crippen LogP contribution in [0.1, 0.15) is 44.5 Å². The number of ketones is 1. The standard InChI is InChI=1S/C17H21BrO3/c1-16(2)15(17(16,3)4)14(19)10-8-12-13(9-11(10)18)21-7-5-6-20-12/h8-9,15H,5-7H2,1-4H3. The van der Waals surface area contributed by atoms with E-state index in [1.165, 1.54) is 0 Å². The van der Waals surface area contributed by atoms with Crippen molar-refractivity contribution in [3.8, 4) is 11.5 Å². The molecule has 1 aromatic rings. The van der Waals surface area contributed by atoms with Crippen LogP contribution in [0.25, 0.3) is 0 Å². The highest BCUT2D eigenvalue weighted by Gasteiger charge is 2.68. The number of benzene rings is 1. The Morgan fingerprint density at radius 1 is 1.10 bits per heavy atom. The molecule has 1 aromatic carbocycles. The lowest BCUT2D eigenvalue weighted by atomic mass is 10.0. The van der Waals surface area contributed by atoms with E-state index < -0.39 is 0 Å². The van der Waals surface area contributed by atoms with Crippen LogP contribution < -0.4 is 9.47 Å². The maximum Gasteiger partial charge on any atom is 0.168 e. The molecule has 0 radical (unpaired) electrons. The molecule has 0 N–H and O–H groups in total. The molecule has 114 valence electrons. The molecule has 1 fully saturated rings. The van der Waals surface area contributed by atoms with Crippen molar-refractivity contribution in [2.24, 2.45) is 16.7 Å². The van der Waals surface area contributed by atoms with Crippen LogP contribution in [0, 0.1) is 16.7 Å². The fourth-order valence-corrected chi connectivity index (χ4v) is 3.90. The molecular weight excluding hydrogens is 332 g/mol. The van der Waals surface area contributed by atoms with Crippen molar-refractivity contribution >= 4 is 21.7 Å². The molecule has 0 spiro atoms. The highest BCUT2D eigenvalue weighted by atomic mass is 79.9. The number of hydrogen-bond donors (Lipinski definition) is 0. The van der Waals surface area contributed by atoms with Crippen LogP contribution >= 0.6 is 15.9 Å². The Hall–Kier alpha value is -1.03. The summed E-state index contributed by atoms with van der Waals surface area (Å²) >= 11 is 3.52. The predicted octanol–water partition coefficient (Wildman–Crippen LogP) is 4.48. The molecular formula is C17H21BrO3. The molecule has 1 aliphatic carbocycles. The Balaban J connectivity index is 1.97. The quantitative estimate of drug-likeness (QED) is 0.736. The monoisotopic (exact) mass is 352 g/mol. The largest absolute Gasteiger partial charge is 0.490 e. The Labute approximate surface area is 134 Å². The van der Waals surface area contributed by atoms with Gasteiger partial charge in [0.15, 0.2) is 17.3 Å². The molecule has 0 aromatic heterocycles. The maximum atomic E-state index is 12.9. The zero-order valence-corrected chi connectivity index (χ0v) is 14.5. The molecule has 1 saturated carbocycles. The number of hydrogen-bond acceptors (Lipinski definition) is 3. The summed E-state index contributed by atoms with van der Waals surface area (Å²) < 4.78 is 12.1. The molecule has 0 atom stereocenters. The number of ether oxygens (including phenoxy) is 2. The van der Waals surface area contributed by atoms with Crippen molar-refractivity contribution in [2.75, 3.05) is 13.2 Å². The number of rotatable bonds is 2. The SMILES string of the molecule is CC1(C)C(C(=O)c2cc3c(cc2Br)OCCCO3)C1(C)C. The lowest BCUT2D eigenvalue weighted by molar-refractivity contribution is 0.0944. The van der Waals surface area contributed by atoms with E-state index in [4.69, 9.17) is 9.47 Å². The normalized spacial score (nSPS) is 22.5. The number of fused-ring (bicyclic) bond motifs is 1. The molecule has 0 saturated heterocycles. The minimum atomic E-state index is 0.0354. The lowest BCUT2D eigenvalue weighted by Crippen LogP contribution is -2.09. The topological polar surface area (TPSA) is 35.5 Å². The van der Waals surface area contributed by atoms with E-state index in [9.17, 15) is 4.79 Å². The zero-order chi connectivity index (χ0) is 15.4. The summed E-state index contributed by atoms with van der Waals surface area (Å²) in [5, 5.41) is 0. The van der Waals surface area contributed by atoms with E-state index in [0.717, 1.165) is 10.9 Å². The molecule has 2 aliphatic rings. The first-order valence-electron chi connectivity index (χ1n) is 7.40. The van der Waals surface area contributed by atoms with E-state index in [1.54, 1.807) is 0 Å². The summed E-state index contributed by atoms with van der Waals surface area (Å²) in [6.07, 6.45) is 0.859. The second kappa shape index (κ2) is 4.73. The molecule has 0 unspecified atom stereocenters. The van der Waals surface area contributed by atoms with E-state index in [1.807, 2.05) is 12.1 Å². The van der Waals surface area contributed by atoms with Crippen LogP contribution in [0.5, 0.6) is 11.5 Å². The average molecular weight is 353 g/mol. The Morgan fingerprint density at radius 3 is 2.14 bits per heavy atom. The van der Waals surface area contributed by atoms with Gasteiger partial charge in [0.05, 0.1) is 13.2 Å². The van der Waals surface area contributed by atoms with Gasteiger partial charge in [-0.05, 0) is 38.9 Å². The fourth-order valence-electron chi connectivity index (χ4n) is 3.38. The third-order valence-electron chi connectivity index (χ3n) is 5.39. The summed E-state index contributed by atoms with van der Waals surface area (Å²) in [4.78, 5) is 12.9. The smallest absolute Gasteiger partial charge is 0.168 e. The van der Waals surface area contributed by atoms with E-state index >= 15 is 0 Å². The Bertz CT molecular complexity index is 590. The van der Waals surface area contributed by atoms with Gasteiger partial charge in [-0.1, -0.05) is 27.7 Å². The first-order chi connectivity index (χ1) is 9.76. The van der Waals surface area contributed by atoms with Crippen LogP contribution in [-0.4, -0.2) is 19.0 Å². The minimum absolute atomic E-state index is 0.0354. The third-order valence-corrected chi connectivity index (χ3v) is 6.04. The van der Waals surface area contributed by atoms with Crippen LogP contribution in [0.2, 0.25) is 0 Å². The summed E-state index contributed by atoms with van der Waals surface area (Å²) in [6, 6.07) is 3.69. The summed E-state index contributed by atoms with van der Waals surface area (Å²) in [5.74, 6) is 1.62. The van der Waals surface area contributed by atoms with Gasteiger partial charge in [-0.25, -0.2) is 0 Å². The maximum absolute atomic E-state index is 12.9. The number of carbonyl (C=O) groups is 1. The van der Waals surface area contributed by atoms with Gasteiger partial charge < -0.3 is 9.47 Å². The first-order valence-corrected chi connectivity index (χ1v) is 8.19. The van der Waals surface area contributed by atoms with Gasteiger partial charge in [0.2, 0.25) is 0 Å². The van der Waals surface area contributed by atoms with E-state index in [0.29, 0.717) is 30.3 Å². The summed E-state index contributed by atoms with van der Waals surface area (Å²) in [7, 11) is 0. The minimum Gasteiger partial charge on any atom is -0.490 e. The highest BCUT2D eigenvalue weighted by molar-refractivity contribution is 9.10. The van der Waals surface area contributed by atoms with E-state index in [2.05, 4.69) is 43.6 Å². The van der Waals surface area contributed by atoms with Gasteiger partial charge in [-0.15, -0.1) is 0 Å². The number of carbonyl (C=O) groups excluding carboxylic acids is 1. The second-order valence-electron chi connectivity index (χ2n) is 7.07. The number of Topliss-reactive ketones (excluding diaryl/α,β-unsaturated/α-hetero) is 1. The highest BCUT2D eigenvalue weighted by Crippen LogP contribution is 2.69. The number of halogens is 1. The Morgan fingerprint density at radius 2 is 1.62 bits per heavy atom. The van der Waals surface area contributed by atoms with Crippen LogP contribution in [0.3, 0.4) is 0 Å². The average Bonchev–Trinajstić information content (AvgIpc) is 2.91. The van der Waals surface area contributed by atoms with Gasteiger partial charge in [0.25, 0.3) is 0 Å². The molecule has 3 rings (SSSR count). The van der Waals surface area contributed by atoms with Crippen LogP contribution in [0.4, 0.5) is 0 Å². The van der Waals surface area contributed by atoms with Gasteiger partial charge in [-0.2, -0.15) is 0 Å². The molecule has 21 heavy (non-hydrogen) atoms. The van der Waals surface area contributed by atoms with Gasteiger partial charge in [0, 0.05) is 22.4 Å². The zero-order valence-electron chi connectivity index (χ0n) is 13.0. The van der Waals surface area contributed by atoms with Gasteiger partial charge in [0.1, 0.15) is 0 Å². The molecule has 0 bridgehead atoms.